The number of carbonyl (C=O) groups excluding carboxylic acids is 1. The molecule has 0 bridgehead atoms. The number of aromatic nitrogens is 3. The number of thiophene rings is 1. The molecule has 29 heavy (non-hydrogen) atoms. The first kappa shape index (κ1) is 18.6. The Labute approximate surface area is 178 Å². The molecule has 1 aliphatic carbocycles. The summed E-state index contributed by atoms with van der Waals surface area (Å²) in [5.74, 6) is 1.55. The van der Waals surface area contributed by atoms with E-state index >= 15 is 0 Å². The lowest BCUT2D eigenvalue weighted by Gasteiger charge is -2.39. The maximum Gasteiger partial charge on any atom is 0.227 e. The predicted molar refractivity (Wildman–Crippen MR) is 117 cm³/mol. The highest BCUT2D eigenvalue weighted by molar-refractivity contribution is 7.98. The number of Topliss-reactive ketones (excluding diaryl/α,β-unsaturated/α-hetero) is 1. The summed E-state index contributed by atoms with van der Waals surface area (Å²) in [5, 5.41) is 11.0. The summed E-state index contributed by atoms with van der Waals surface area (Å²) < 4.78 is 1.91. The van der Waals surface area contributed by atoms with Crippen molar-refractivity contribution >= 4 is 34.8 Å². The molecule has 1 N–H and O–H groups in total. The smallest absolute Gasteiger partial charge is 0.227 e. The van der Waals surface area contributed by atoms with Gasteiger partial charge in [-0.15, -0.1) is 16.4 Å². The number of thioether (sulfide) groups is 1. The average Bonchev–Trinajstić information content (AvgIpc) is 3.34. The first-order valence-corrected chi connectivity index (χ1v) is 11.6. The molecule has 0 amide bonds. The van der Waals surface area contributed by atoms with E-state index in [0.717, 1.165) is 21.5 Å². The second-order valence-corrected chi connectivity index (χ2v) is 10.2. The number of ketones is 1. The number of anilines is 1. The Morgan fingerprint density at radius 1 is 1.24 bits per heavy atom. The second-order valence-electron chi connectivity index (χ2n) is 8.23. The lowest BCUT2D eigenvalue weighted by molar-refractivity contribution is -0.125. The molecule has 2 aromatic heterocycles. The minimum atomic E-state index is -0.233. The maximum atomic E-state index is 13.1. The molecule has 0 saturated carbocycles. The molecule has 2 aliphatic rings. The number of carbonyl (C=O) groups is 1. The Bertz CT molecular complexity index is 1070. The van der Waals surface area contributed by atoms with Gasteiger partial charge in [-0.2, -0.15) is 4.98 Å². The van der Waals surface area contributed by atoms with Gasteiger partial charge in [0, 0.05) is 22.7 Å². The van der Waals surface area contributed by atoms with Crippen LogP contribution in [0.1, 0.15) is 36.8 Å². The maximum absolute atomic E-state index is 13.1. The number of nitrogens with one attached hydrogen (secondary N) is 1. The summed E-state index contributed by atoms with van der Waals surface area (Å²) in [5.41, 5.74) is 2.05. The van der Waals surface area contributed by atoms with Gasteiger partial charge in [-0.3, -0.25) is 4.79 Å². The van der Waals surface area contributed by atoms with Gasteiger partial charge in [-0.25, -0.2) is 4.68 Å². The van der Waals surface area contributed by atoms with Gasteiger partial charge >= 0.3 is 0 Å². The van der Waals surface area contributed by atoms with Crippen LogP contribution in [0.15, 0.2) is 64.8 Å². The minimum absolute atomic E-state index is 0.139. The van der Waals surface area contributed by atoms with E-state index in [2.05, 4.69) is 48.8 Å². The van der Waals surface area contributed by atoms with E-state index in [4.69, 9.17) is 10.1 Å². The Morgan fingerprint density at radius 2 is 2.07 bits per heavy atom. The van der Waals surface area contributed by atoms with Crippen LogP contribution in [-0.2, 0) is 10.5 Å². The molecular weight excluding hydrogens is 400 g/mol. The van der Waals surface area contributed by atoms with Gasteiger partial charge in [0.2, 0.25) is 11.1 Å². The van der Waals surface area contributed by atoms with Crippen molar-refractivity contribution in [1.82, 2.24) is 14.8 Å². The molecule has 2 atom stereocenters. The highest BCUT2D eigenvalue weighted by atomic mass is 32.2. The van der Waals surface area contributed by atoms with Crippen molar-refractivity contribution in [2.45, 2.75) is 37.2 Å². The summed E-state index contributed by atoms with van der Waals surface area (Å²) in [6.07, 6.45) is 2.75. The van der Waals surface area contributed by atoms with Crippen LogP contribution in [0.5, 0.6) is 0 Å². The highest BCUT2D eigenvalue weighted by Crippen LogP contribution is 2.46. The van der Waals surface area contributed by atoms with E-state index in [1.165, 1.54) is 5.56 Å². The number of nitrogens with zero attached hydrogens (tertiary/aromatic N) is 3. The first-order valence-electron chi connectivity index (χ1n) is 9.69. The van der Waals surface area contributed by atoms with Crippen molar-refractivity contribution < 1.29 is 4.79 Å². The Balaban J connectivity index is 1.52. The van der Waals surface area contributed by atoms with Gasteiger partial charge in [-0.1, -0.05) is 68.1 Å². The van der Waals surface area contributed by atoms with Crippen molar-refractivity contribution in [3.8, 4) is 0 Å². The fourth-order valence-electron chi connectivity index (χ4n) is 4.14. The molecule has 3 heterocycles. The number of rotatable bonds is 4. The molecule has 7 heteroatoms. The average molecular weight is 423 g/mol. The highest BCUT2D eigenvalue weighted by Gasteiger charge is 2.45. The van der Waals surface area contributed by atoms with Crippen LogP contribution in [0.4, 0.5) is 5.95 Å². The number of fused-ring (bicyclic) bond motifs is 2. The van der Waals surface area contributed by atoms with Crippen LogP contribution >= 0.6 is 23.1 Å². The lowest BCUT2D eigenvalue weighted by Crippen LogP contribution is -2.41. The Hall–Kier alpha value is -2.38. The van der Waals surface area contributed by atoms with E-state index in [1.807, 2.05) is 28.9 Å². The summed E-state index contributed by atoms with van der Waals surface area (Å²) in [6, 6.07) is 14.3. The summed E-state index contributed by atoms with van der Waals surface area (Å²) in [4.78, 5) is 19.0. The van der Waals surface area contributed by atoms with E-state index in [0.29, 0.717) is 12.4 Å². The van der Waals surface area contributed by atoms with Crippen molar-refractivity contribution in [3.05, 3.63) is 70.1 Å². The molecule has 0 radical (unpaired) electrons. The second kappa shape index (κ2) is 7.15. The largest absolute Gasteiger partial charge is 0.328 e. The van der Waals surface area contributed by atoms with Gasteiger partial charge in [-0.05, 0) is 22.4 Å². The molecule has 148 valence electrons. The fourth-order valence-corrected chi connectivity index (χ4v) is 5.77. The number of allylic oxidation sites excluding steroid dienone is 2. The SMILES string of the molecule is CC1(C)C=C2Nc3nc(SCc4ccccc4)nn3[C@H](c3cccs3)[C@H]2C(=O)C1. The zero-order valence-electron chi connectivity index (χ0n) is 16.3. The molecule has 3 aromatic rings. The number of hydrogen-bond acceptors (Lipinski definition) is 6. The monoisotopic (exact) mass is 422 g/mol. The molecule has 0 saturated heterocycles. The van der Waals surface area contributed by atoms with Gasteiger partial charge < -0.3 is 5.32 Å². The Kier molecular flexibility index (Phi) is 4.59. The standard InChI is InChI=1S/C22H22N4OS2/c1-22(2)11-15-18(16(27)12-22)19(17-9-6-10-28-17)26-20(23-15)24-21(25-26)29-13-14-7-4-3-5-8-14/h3-11,18-19H,12-13H2,1-2H3,(H,23,24,25)/t18-,19-/m1/s1. The molecule has 5 rings (SSSR count). The molecule has 1 aromatic carbocycles. The quantitative estimate of drug-likeness (QED) is 0.590. The predicted octanol–water partition coefficient (Wildman–Crippen LogP) is 5.15. The van der Waals surface area contributed by atoms with Gasteiger partial charge in [0.1, 0.15) is 11.8 Å². The van der Waals surface area contributed by atoms with Gasteiger partial charge in [0.15, 0.2) is 0 Å². The third kappa shape index (κ3) is 3.53. The lowest BCUT2D eigenvalue weighted by atomic mass is 9.73. The number of hydrogen-bond donors (Lipinski definition) is 1. The normalized spacial score (nSPS) is 22.4. The first-order chi connectivity index (χ1) is 14.0. The van der Waals surface area contributed by atoms with Crippen molar-refractivity contribution in [1.29, 1.82) is 0 Å². The van der Waals surface area contributed by atoms with E-state index in [1.54, 1.807) is 23.1 Å². The molecule has 1 aliphatic heterocycles. The molecule has 0 unspecified atom stereocenters. The van der Waals surface area contributed by atoms with E-state index in [9.17, 15) is 4.79 Å². The van der Waals surface area contributed by atoms with Gasteiger partial charge in [0.25, 0.3) is 0 Å². The summed E-state index contributed by atoms with van der Waals surface area (Å²) in [6.45, 7) is 4.22. The Morgan fingerprint density at radius 3 is 2.83 bits per heavy atom. The van der Waals surface area contributed by atoms with E-state index in [-0.39, 0.29) is 23.2 Å². The molecule has 0 spiro atoms. The minimum Gasteiger partial charge on any atom is -0.328 e. The van der Waals surface area contributed by atoms with Gasteiger partial charge in [0.05, 0.1) is 5.92 Å². The van der Waals surface area contributed by atoms with Crippen molar-refractivity contribution in [2.75, 3.05) is 5.32 Å². The molecule has 0 fully saturated rings. The summed E-state index contributed by atoms with van der Waals surface area (Å²) >= 11 is 3.28. The third-order valence-electron chi connectivity index (χ3n) is 5.35. The van der Waals surface area contributed by atoms with Crippen LogP contribution in [0.2, 0.25) is 0 Å². The molecule has 5 nitrogen and oxygen atoms in total. The van der Waals surface area contributed by atoms with Crippen molar-refractivity contribution in [2.24, 2.45) is 11.3 Å². The fraction of sp³-hybridized carbons (Fsp3) is 0.318. The topological polar surface area (TPSA) is 59.8 Å². The zero-order chi connectivity index (χ0) is 20.0. The zero-order valence-corrected chi connectivity index (χ0v) is 18.0. The summed E-state index contributed by atoms with van der Waals surface area (Å²) in [7, 11) is 0. The van der Waals surface area contributed by atoms with E-state index < -0.39 is 0 Å². The van der Waals surface area contributed by atoms with Crippen LogP contribution in [0, 0.1) is 11.3 Å². The van der Waals surface area contributed by atoms with Crippen LogP contribution in [-0.4, -0.2) is 20.5 Å². The van der Waals surface area contributed by atoms with Crippen molar-refractivity contribution in [3.63, 3.8) is 0 Å². The van der Waals surface area contributed by atoms with Crippen LogP contribution in [0.25, 0.3) is 0 Å². The third-order valence-corrected chi connectivity index (χ3v) is 7.20. The number of benzene rings is 1. The van der Waals surface area contributed by atoms with Crippen LogP contribution < -0.4 is 5.32 Å². The molecular formula is C22H22N4OS2. The van der Waals surface area contributed by atoms with Crippen LogP contribution in [0.3, 0.4) is 0 Å².